The Kier molecular flexibility index (Phi) is 6.52. The van der Waals surface area contributed by atoms with E-state index in [2.05, 4.69) is 55.1 Å². The molecule has 0 spiro atoms. The maximum Gasteiger partial charge on any atom is 0.309 e. The van der Waals surface area contributed by atoms with E-state index in [1.165, 1.54) is 11.1 Å². The van der Waals surface area contributed by atoms with Crippen LogP contribution in [0, 0.1) is 0 Å². The zero-order chi connectivity index (χ0) is 18.3. The van der Waals surface area contributed by atoms with Crippen molar-refractivity contribution >= 4 is 0 Å². The third-order valence-electron chi connectivity index (χ3n) is 5.01. The first-order valence-corrected chi connectivity index (χ1v) is 8.80. The normalized spacial score (nSPS) is 13.4. The number of hydrogen-bond donors (Lipinski definition) is 0. The summed E-state index contributed by atoms with van der Waals surface area (Å²) >= 11 is 0. The molecule has 0 atom stereocenters. The zero-order valence-electron chi connectivity index (χ0n) is 16.6. The first-order chi connectivity index (χ1) is 12.5. The molecule has 1 aromatic heterocycles. The summed E-state index contributed by atoms with van der Waals surface area (Å²) < 4.78 is 15.3. The summed E-state index contributed by atoms with van der Waals surface area (Å²) in [4.78, 5) is 0. The molecule has 150 valence electrons. The molecular weight excluding hydrogens is 422 g/mol. The van der Waals surface area contributed by atoms with Crippen molar-refractivity contribution in [3.8, 4) is 22.9 Å². The molecule has 0 amide bonds. The predicted molar refractivity (Wildman–Crippen MR) is 103 cm³/mol. The smallest absolute Gasteiger partial charge is 0.309 e. The SMILES string of the molecule is COc1cc2c(cc1OC)-c1nn(Cc3ccccc3)c[n+]1C(C)(C)C2.O.[Br-]. The maximum atomic E-state index is 5.50. The number of ether oxygens (including phenoxy) is 2. The van der Waals surface area contributed by atoms with E-state index in [9.17, 15) is 0 Å². The largest absolute Gasteiger partial charge is 1.00 e. The van der Waals surface area contributed by atoms with Crippen LogP contribution in [0.2, 0.25) is 0 Å². The van der Waals surface area contributed by atoms with Gasteiger partial charge in [-0.2, -0.15) is 0 Å². The van der Waals surface area contributed by atoms with Crippen molar-refractivity contribution in [1.29, 1.82) is 0 Å². The quantitative estimate of drug-likeness (QED) is 0.500. The lowest BCUT2D eigenvalue weighted by molar-refractivity contribution is -0.750. The van der Waals surface area contributed by atoms with Gasteiger partial charge in [0.05, 0.1) is 25.3 Å². The van der Waals surface area contributed by atoms with E-state index in [0.717, 1.165) is 35.9 Å². The molecular formula is C21H26BrN3O3. The van der Waals surface area contributed by atoms with Crippen molar-refractivity contribution in [3.63, 3.8) is 0 Å². The van der Waals surface area contributed by atoms with Crippen LogP contribution < -0.4 is 31.0 Å². The van der Waals surface area contributed by atoms with Gasteiger partial charge < -0.3 is 31.9 Å². The molecule has 28 heavy (non-hydrogen) atoms. The van der Waals surface area contributed by atoms with Crippen molar-refractivity contribution in [2.24, 2.45) is 0 Å². The number of rotatable bonds is 4. The van der Waals surface area contributed by atoms with E-state index in [-0.39, 0.29) is 28.0 Å². The molecule has 0 saturated heterocycles. The molecule has 4 rings (SSSR count). The highest BCUT2D eigenvalue weighted by Gasteiger charge is 2.39. The molecule has 2 heterocycles. The number of nitrogens with zero attached hydrogens (tertiary/aromatic N) is 3. The second-order valence-corrected chi connectivity index (χ2v) is 7.35. The Morgan fingerprint density at radius 3 is 2.36 bits per heavy atom. The molecule has 7 heteroatoms. The maximum absolute atomic E-state index is 5.50. The number of halogens is 1. The fourth-order valence-corrected chi connectivity index (χ4v) is 3.68. The highest BCUT2D eigenvalue weighted by Crippen LogP contribution is 2.39. The monoisotopic (exact) mass is 447 g/mol. The topological polar surface area (TPSA) is 71.7 Å². The average molecular weight is 448 g/mol. The summed E-state index contributed by atoms with van der Waals surface area (Å²) in [6.45, 7) is 5.23. The molecule has 6 nitrogen and oxygen atoms in total. The van der Waals surface area contributed by atoms with Crippen LogP contribution in [0.3, 0.4) is 0 Å². The molecule has 1 aliphatic heterocycles. The first-order valence-electron chi connectivity index (χ1n) is 8.80. The molecule has 3 aromatic rings. The molecule has 0 radical (unpaired) electrons. The molecule has 0 bridgehead atoms. The summed E-state index contributed by atoms with van der Waals surface area (Å²) in [5, 5.41) is 4.90. The van der Waals surface area contributed by atoms with Gasteiger partial charge >= 0.3 is 5.82 Å². The zero-order valence-corrected chi connectivity index (χ0v) is 18.2. The van der Waals surface area contributed by atoms with Crippen LogP contribution in [-0.2, 0) is 18.5 Å². The number of fused-ring (bicyclic) bond motifs is 3. The minimum Gasteiger partial charge on any atom is -1.00 e. The Labute approximate surface area is 175 Å². The molecule has 0 fully saturated rings. The first kappa shape index (κ1) is 21.9. The van der Waals surface area contributed by atoms with Crippen LogP contribution in [0.5, 0.6) is 11.5 Å². The van der Waals surface area contributed by atoms with E-state index in [0.29, 0.717) is 0 Å². The minimum atomic E-state index is -0.0587. The van der Waals surface area contributed by atoms with Gasteiger partial charge in [-0.25, -0.2) is 4.57 Å². The Morgan fingerprint density at radius 2 is 1.71 bits per heavy atom. The van der Waals surface area contributed by atoms with Crippen LogP contribution >= 0.6 is 0 Å². The summed E-state index contributed by atoms with van der Waals surface area (Å²) in [7, 11) is 3.34. The number of benzene rings is 2. The summed E-state index contributed by atoms with van der Waals surface area (Å²) in [5.74, 6) is 2.46. The van der Waals surface area contributed by atoms with Gasteiger partial charge in [0.25, 0.3) is 0 Å². The van der Waals surface area contributed by atoms with E-state index >= 15 is 0 Å². The van der Waals surface area contributed by atoms with Gasteiger partial charge in [0.2, 0.25) is 6.33 Å². The van der Waals surface area contributed by atoms with Crippen molar-refractivity contribution in [2.45, 2.75) is 32.4 Å². The van der Waals surface area contributed by atoms with Gasteiger partial charge in [0.15, 0.2) is 11.5 Å². The van der Waals surface area contributed by atoms with Gasteiger partial charge in [-0.15, -0.1) is 4.68 Å². The van der Waals surface area contributed by atoms with Crippen molar-refractivity contribution in [3.05, 3.63) is 59.9 Å². The second kappa shape index (κ2) is 8.32. The van der Waals surface area contributed by atoms with Gasteiger partial charge in [0, 0.05) is 11.5 Å². The van der Waals surface area contributed by atoms with Crippen LogP contribution in [0.25, 0.3) is 11.4 Å². The predicted octanol–water partition coefficient (Wildman–Crippen LogP) is -0.626. The van der Waals surface area contributed by atoms with E-state index in [1.54, 1.807) is 14.2 Å². The van der Waals surface area contributed by atoms with Gasteiger partial charge in [-0.1, -0.05) is 30.3 Å². The van der Waals surface area contributed by atoms with Crippen molar-refractivity contribution < 1.29 is 36.5 Å². The number of aromatic nitrogens is 3. The van der Waals surface area contributed by atoms with Crippen molar-refractivity contribution in [1.82, 2.24) is 9.78 Å². The van der Waals surface area contributed by atoms with E-state index < -0.39 is 0 Å². The lowest BCUT2D eigenvalue weighted by Crippen LogP contribution is -3.00. The molecule has 0 unspecified atom stereocenters. The fraction of sp³-hybridized carbons (Fsp3) is 0.333. The Bertz CT molecular complexity index is 955. The van der Waals surface area contributed by atoms with Crippen LogP contribution in [0.1, 0.15) is 25.0 Å². The average Bonchev–Trinajstić information content (AvgIpc) is 3.06. The highest BCUT2D eigenvalue weighted by molar-refractivity contribution is 5.65. The number of methoxy groups -OCH3 is 2. The molecule has 1 aliphatic rings. The van der Waals surface area contributed by atoms with Gasteiger partial charge in [0.1, 0.15) is 6.54 Å². The van der Waals surface area contributed by atoms with Gasteiger partial charge in [-0.05, 0) is 37.1 Å². The fourth-order valence-electron chi connectivity index (χ4n) is 3.68. The molecule has 2 N–H and O–H groups in total. The van der Waals surface area contributed by atoms with Crippen LogP contribution in [0.4, 0.5) is 0 Å². The summed E-state index contributed by atoms with van der Waals surface area (Å²) in [6, 6.07) is 14.5. The van der Waals surface area contributed by atoms with Gasteiger partial charge in [-0.3, -0.25) is 0 Å². The van der Waals surface area contributed by atoms with Crippen molar-refractivity contribution in [2.75, 3.05) is 14.2 Å². The van der Waals surface area contributed by atoms with Crippen LogP contribution in [0.15, 0.2) is 48.8 Å². The summed E-state index contributed by atoms with van der Waals surface area (Å²) in [6.07, 6.45) is 3.03. The second-order valence-electron chi connectivity index (χ2n) is 7.35. The third kappa shape index (κ3) is 3.77. The lowest BCUT2D eigenvalue weighted by atomic mass is 9.87. The van der Waals surface area contributed by atoms with Crippen LogP contribution in [-0.4, -0.2) is 29.5 Å². The lowest BCUT2D eigenvalue weighted by Gasteiger charge is -2.29. The standard InChI is InChI=1S/C21H24N3O2.BrH.H2O/c1-21(2)12-16-10-18(25-3)19(26-4)11-17(16)20-22-23(14-24(20)21)13-15-8-6-5-7-9-15;;/h5-11,14H,12-13H2,1-4H3;1H;1H2/q+1;;/p-1. The molecule has 0 aliphatic carbocycles. The minimum absolute atomic E-state index is 0. The van der Waals surface area contributed by atoms with E-state index in [4.69, 9.17) is 14.6 Å². The third-order valence-corrected chi connectivity index (χ3v) is 5.01. The molecule has 2 aromatic carbocycles. The van der Waals surface area contributed by atoms with E-state index in [1.807, 2.05) is 16.8 Å². The Morgan fingerprint density at radius 1 is 1.07 bits per heavy atom. The number of hydrogen-bond acceptors (Lipinski definition) is 3. The highest BCUT2D eigenvalue weighted by atomic mass is 79.9. The Balaban J connectivity index is 0.00000140. The molecule has 0 saturated carbocycles. The summed E-state index contributed by atoms with van der Waals surface area (Å²) in [5.41, 5.74) is 3.52. The Hall–Kier alpha value is -2.38.